The summed E-state index contributed by atoms with van der Waals surface area (Å²) in [5.74, 6) is -1.91. The molecule has 1 aromatic heterocycles. The van der Waals surface area contributed by atoms with E-state index in [-0.39, 0.29) is 30.5 Å². The Hall–Kier alpha value is -5.42. The largest absolute Gasteiger partial charge is 0.465 e. The van der Waals surface area contributed by atoms with Crippen LogP contribution in [0.3, 0.4) is 0 Å². The third-order valence-corrected chi connectivity index (χ3v) is 7.65. The molecule has 222 valence electrons. The van der Waals surface area contributed by atoms with E-state index in [4.69, 9.17) is 9.15 Å². The molecule has 0 saturated carbocycles. The molecule has 0 bridgehead atoms. The Morgan fingerprint density at radius 2 is 1.73 bits per heavy atom. The molecule has 0 radical (unpaired) electrons. The first-order chi connectivity index (χ1) is 21.3. The zero-order valence-corrected chi connectivity index (χ0v) is 24.3. The highest BCUT2D eigenvalue weighted by atomic mass is 32.2. The Kier molecular flexibility index (Phi) is 9.36. The van der Waals surface area contributed by atoms with Crippen LogP contribution in [-0.2, 0) is 19.1 Å². The summed E-state index contributed by atoms with van der Waals surface area (Å²) in [6.45, 7) is 1.94. The Balaban J connectivity index is 1.27. The zero-order valence-electron chi connectivity index (χ0n) is 23.5. The third-order valence-electron chi connectivity index (χ3n) is 6.47. The molecule has 44 heavy (non-hydrogen) atoms. The van der Waals surface area contributed by atoms with E-state index in [1.165, 1.54) is 48.4 Å². The van der Waals surface area contributed by atoms with Crippen molar-refractivity contribution in [1.82, 2.24) is 5.32 Å². The maximum Gasteiger partial charge on any atom is 0.338 e. The molecule has 2 N–H and O–H groups in total. The van der Waals surface area contributed by atoms with Crippen LogP contribution < -0.4 is 15.5 Å². The van der Waals surface area contributed by atoms with Gasteiger partial charge in [-0.1, -0.05) is 24.3 Å². The minimum Gasteiger partial charge on any atom is -0.465 e. The first kappa shape index (κ1) is 30.1. The molecule has 5 rings (SSSR count). The molecule has 1 saturated heterocycles. The van der Waals surface area contributed by atoms with Crippen LogP contribution in [0.4, 0.5) is 11.4 Å². The number of furan rings is 1. The van der Waals surface area contributed by atoms with Gasteiger partial charge in [-0.25, -0.2) is 9.69 Å². The van der Waals surface area contributed by atoms with Gasteiger partial charge in [0.15, 0.2) is 0 Å². The summed E-state index contributed by atoms with van der Waals surface area (Å²) in [4.78, 5) is 65.8. The Bertz CT molecular complexity index is 1720. The second kappa shape index (κ2) is 13.7. The summed E-state index contributed by atoms with van der Waals surface area (Å²) in [6, 6.07) is 24.7. The highest BCUT2D eigenvalue weighted by Crippen LogP contribution is 2.35. The van der Waals surface area contributed by atoms with E-state index in [1.807, 2.05) is 0 Å². The van der Waals surface area contributed by atoms with Gasteiger partial charge < -0.3 is 19.8 Å². The Morgan fingerprint density at radius 3 is 2.43 bits per heavy atom. The number of ether oxygens (including phenoxy) is 1. The molecule has 2 heterocycles. The molecule has 1 fully saturated rings. The van der Waals surface area contributed by atoms with Gasteiger partial charge in [-0.2, -0.15) is 0 Å². The molecule has 1 atom stereocenters. The molecule has 0 aliphatic carbocycles. The maximum absolute atomic E-state index is 13.3. The topological polar surface area (TPSA) is 135 Å². The first-order valence-corrected chi connectivity index (χ1v) is 14.5. The summed E-state index contributed by atoms with van der Waals surface area (Å²) in [5, 5.41) is 4.74. The number of amides is 4. The normalized spacial score (nSPS) is 14.8. The summed E-state index contributed by atoms with van der Waals surface area (Å²) in [6.07, 6.45) is 2.86. The fourth-order valence-electron chi connectivity index (χ4n) is 4.40. The number of nitrogens with zero attached hydrogens (tertiary/aromatic N) is 1. The van der Waals surface area contributed by atoms with E-state index in [0.29, 0.717) is 33.2 Å². The summed E-state index contributed by atoms with van der Waals surface area (Å²) in [5.41, 5.74) is 1.45. The Morgan fingerprint density at radius 1 is 0.955 bits per heavy atom. The van der Waals surface area contributed by atoms with E-state index in [9.17, 15) is 24.0 Å². The monoisotopic (exact) mass is 609 g/mol. The maximum atomic E-state index is 13.3. The number of anilines is 2. The van der Waals surface area contributed by atoms with Gasteiger partial charge in [0.1, 0.15) is 11.5 Å². The van der Waals surface area contributed by atoms with Crippen molar-refractivity contribution < 1.29 is 33.1 Å². The number of rotatable bonds is 10. The molecule has 3 aromatic carbocycles. The Labute approximate surface area is 257 Å². The van der Waals surface area contributed by atoms with E-state index in [0.717, 1.165) is 4.90 Å². The average molecular weight is 610 g/mol. The minimum absolute atomic E-state index is 0.0126. The quantitative estimate of drug-likeness (QED) is 0.141. The number of hydrogen-bond acceptors (Lipinski definition) is 8. The lowest BCUT2D eigenvalue weighted by atomic mass is 10.2. The van der Waals surface area contributed by atoms with Gasteiger partial charge in [0.25, 0.3) is 11.8 Å². The van der Waals surface area contributed by atoms with Crippen molar-refractivity contribution in [2.45, 2.75) is 23.5 Å². The van der Waals surface area contributed by atoms with E-state index in [1.54, 1.807) is 73.7 Å². The van der Waals surface area contributed by atoms with Crippen molar-refractivity contribution in [3.8, 4) is 0 Å². The van der Waals surface area contributed by atoms with Gasteiger partial charge in [0.05, 0.1) is 29.4 Å². The van der Waals surface area contributed by atoms with Crippen LogP contribution in [0.2, 0.25) is 0 Å². The average Bonchev–Trinajstić information content (AvgIpc) is 3.64. The number of carbonyl (C=O) groups is 5. The van der Waals surface area contributed by atoms with Crippen molar-refractivity contribution in [1.29, 1.82) is 0 Å². The van der Waals surface area contributed by atoms with Crippen molar-refractivity contribution in [2.75, 3.05) is 16.8 Å². The van der Waals surface area contributed by atoms with Crippen molar-refractivity contribution in [3.63, 3.8) is 0 Å². The van der Waals surface area contributed by atoms with Crippen LogP contribution in [0.5, 0.6) is 0 Å². The molecule has 0 spiro atoms. The molecule has 4 aromatic rings. The highest BCUT2D eigenvalue weighted by molar-refractivity contribution is 8.00. The number of hydrogen-bond donors (Lipinski definition) is 2. The smallest absolute Gasteiger partial charge is 0.338 e. The molecular weight excluding hydrogens is 582 g/mol. The second-order valence-electron chi connectivity index (χ2n) is 9.52. The third kappa shape index (κ3) is 7.13. The number of nitrogens with one attached hydrogen (secondary N) is 2. The highest BCUT2D eigenvalue weighted by Gasteiger charge is 2.40. The van der Waals surface area contributed by atoms with Gasteiger partial charge in [-0.15, -0.1) is 11.8 Å². The predicted octanol–water partition coefficient (Wildman–Crippen LogP) is 5.29. The van der Waals surface area contributed by atoms with Crippen LogP contribution in [0.15, 0.2) is 112 Å². The molecular formula is C33H27N3O7S. The van der Waals surface area contributed by atoms with Gasteiger partial charge in [0, 0.05) is 28.6 Å². The van der Waals surface area contributed by atoms with Crippen LogP contribution in [0, 0.1) is 0 Å². The van der Waals surface area contributed by atoms with Gasteiger partial charge in [-0.3, -0.25) is 19.2 Å². The lowest BCUT2D eigenvalue weighted by Gasteiger charge is -2.15. The fourth-order valence-corrected chi connectivity index (χ4v) is 5.51. The van der Waals surface area contributed by atoms with Crippen LogP contribution >= 0.6 is 11.8 Å². The van der Waals surface area contributed by atoms with Gasteiger partial charge >= 0.3 is 5.97 Å². The summed E-state index contributed by atoms with van der Waals surface area (Å²) >= 11 is 1.20. The van der Waals surface area contributed by atoms with Gasteiger partial charge in [-0.05, 0) is 73.7 Å². The van der Waals surface area contributed by atoms with Crippen molar-refractivity contribution in [3.05, 3.63) is 120 Å². The molecule has 4 amide bonds. The number of benzene rings is 3. The summed E-state index contributed by atoms with van der Waals surface area (Å²) in [7, 11) is 0. The minimum atomic E-state index is -0.683. The molecule has 1 aliphatic rings. The molecule has 1 aliphatic heterocycles. The predicted molar refractivity (Wildman–Crippen MR) is 165 cm³/mol. The van der Waals surface area contributed by atoms with Crippen LogP contribution in [0.25, 0.3) is 6.08 Å². The zero-order chi connectivity index (χ0) is 31.1. The molecule has 1 unspecified atom stereocenters. The number of imide groups is 1. The van der Waals surface area contributed by atoms with Gasteiger partial charge in [0.2, 0.25) is 11.8 Å². The number of esters is 1. The van der Waals surface area contributed by atoms with Crippen LogP contribution in [-0.4, -0.2) is 41.5 Å². The second-order valence-corrected chi connectivity index (χ2v) is 10.8. The molecule has 11 heteroatoms. The fraction of sp³-hybridized carbons (Fsp3) is 0.121. The van der Waals surface area contributed by atoms with E-state index >= 15 is 0 Å². The first-order valence-electron chi connectivity index (χ1n) is 13.7. The van der Waals surface area contributed by atoms with E-state index in [2.05, 4.69) is 10.6 Å². The van der Waals surface area contributed by atoms with E-state index < -0.39 is 23.0 Å². The van der Waals surface area contributed by atoms with Crippen molar-refractivity contribution >= 4 is 58.8 Å². The molecule has 10 nitrogen and oxygen atoms in total. The standard InChI is InChI=1S/C33H27N3O7S/c1-2-42-33(41)22-13-15-24(16-14-22)36-29(37)20-28(32(36)40)44-26-12-6-10-23(18-26)34-31(39)27(19-25-11-7-17-43-25)35-30(38)21-8-4-3-5-9-21/h3-19,28H,2,20H2,1H3,(H,34,39)(H,35,38)/b27-19-. The lowest BCUT2D eigenvalue weighted by molar-refractivity contribution is -0.121. The number of thioether (sulfide) groups is 1. The number of carbonyl (C=O) groups excluding carboxylic acids is 5. The SMILES string of the molecule is CCOC(=O)c1ccc(N2C(=O)CC(Sc3cccc(NC(=O)/C(=C/c4ccco4)NC(=O)c4ccccc4)c3)C2=O)cc1. The van der Waals surface area contributed by atoms with Crippen molar-refractivity contribution in [2.24, 2.45) is 0 Å². The summed E-state index contributed by atoms with van der Waals surface area (Å²) < 4.78 is 10.3. The lowest BCUT2D eigenvalue weighted by Crippen LogP contribution is -2.31. The van der Waals surface area contributed by atoms with Crippen LogP contribution in [0.1, 0.15) is 39.8 Å².